The van der Waals surface area contributed by atoms with Crippen molar-refractivity contribution in [3.05, 3.63) is 0 Å². The molecule has 0 aromatic carbocycles. The predicted molar refractivity (Wildman–Crippen MR) is 48.4 cm³/mol. The number of hydrogen-bond acceptors (Lipinski definition) is 4. The molecule has 0 aromatic rings. The van der Waals surface area contributed by atoms with Crippen molar-refractivity contribution < 1.29 is 24.2 Å². The third kappa shape index (κ3) is 4.22. The normalized spacial score (nSPS) is 13.2. The highest BCUT2D eigenvalue weighted by Gasteiger charge is 2.20. The van der Waals surface area contributed by atoms with E-state index in [1.165, 1.54) is 21.3 Å². The van der Waals surface area contributed by atoms with Gasteiger partial charge in [-0.2, -0.15) is 5.06 Å². The number of ether oxygens (including phenoxy) is 2. The first-order valence-corrected chi connectivity index (χ1v) is 4.87. The molecule has 0 spiro atoms. The minimum absolute atomic E-state index is 0.351. The van der Waals surface area contributed by atoms with Crippen molar-refractivity contribution in [1.82, 2.24) is 5.06 Å². The number of methoxy groups -OCH3 is 2. The fraction of sp³-hybridized carbons (Fsp3) is 0.833. The number of hydroxylamine groups is 2. The topological polar surface area (TPSA) is 68.2 Å². The fourth-order valence-corrected chi connectivity index (χ4v) is 1.68. The number of rotatable bonds is 5. The second-order valence-corrected chi connectivity index (χ2v) is 3.57. The van der Waals surface area contributed by atoms with Gasteiger partial charge in [-0.3, -0.25) is 4.84 Å². The molecule has 1 atom stereocenters. The Morgan fingerprint density at radius 1 is 1.46 bits per heavy atom. The lowest BCUT2D eigenvalue weighted by Gasteiger charge is -2.24. The van der Waals surface area contributed by atoms with Gasteiger partial charge < -0.3 is 14.6 Å². The number of hydrogen-bond donors (Lipinski definition) is 1. The van der Waals surface area contributed by atoms with Crippen molar-refractivity contribution >= 4 is 16.3 Å². The molecule has 0 saturated heterocycles. The Morgan fingerprint density at radius 2 is 1.92 bits per heavy atom. The molecule has 0 rings (SSSR count). The molecule has 0 fully saturated rings. The third-order valence-electron chi connectivity index (χ3n) is 1.44. The Kier molecular flexibility index (Phi) is 5.63. The van der Waals surface area contributed by atoms with Crippen molar-refractivity contribution in [3.8, 4) is 0 Å². The van der Waals surface area contributed by atoms with Crippen LogP contribution in [0.25, 0.3) is 0 Å². The summed E-state index contributed by atoms with van der Waals surface area (Å²) < 4.78 is 9.82. The zero-order valence-corrected chi connectivity index (χ0v) is 10.2. The van der Waals surface area contributed by atoms with E-state index in [-0.39, 0.29) is 5.73 Å². The summed E-state index contributed by atoms with van der Waals surface area (Å²) in [6.45, 7) is 0. The lowest BCUT2D eigenvalue weighted by molar-refractivity contribution is -0.218. The average Bonchev–Trinajstić information content (AvgIpc) is 2.06. The molecule has 0 radical (unpaired) electrons. The standard InChI is InChI=1S/C6H15NO5Si/c1-7(6(8)9)12-5(13)4(10-2)11-3/h4-5H,1-3,13H3,(H,8,9). The van der Waals surface area contributed by atoms with Crippen LogP contribution < -0.4 is 0 Å². The van der Waals surface area contributed by atoms with E-state index in [0.717, 1.165) is 5.06 Å². The quantitative estimate of drug-likeness (QED) is 0.351. The molecule has 78 valence electrons. The Bertz CT molecular complexity index is 163. The smallest absolute Gasteiger partial charge is 0.431 e. The Morgan fingerprint density at radius 3 is 2.23 bits per heavy atom. The molecule has 7 heteroatoms. The summed E-state index contributed by atoms with van der Waals surface area (Å²) in [5, 5.41) is 9.23. The molecule has 1 amide bonds. The lowest BCUT2D eigenvalue weighted by Crippen LogP contribution is -2.39. The number of carbonyl (C=O) groups is 1. The van der Waals surface area contributed by atoms with E-state index in [9.17, 15) is 4.79 Å². The highest BCUT2D eigenvalue weighted by Crippen LogP contribution is 2.02. The molecule has 0 saturated carbocycles. The molecule has 0 aliphatic rings. The van der Waals surface area contributed by atoms with Gasteiger partial charge in [-0.15, -0.1) is 0 Å². The highest BCUT2D eigenvalue weighted by molar-refractivity contribution is 6.11. The van der Waals surface area contributed by atoms with Crippen LogP contribution in [0.5, 0.6) is 0 Å². The van der Waals surface area contributed by atoms with Gasteiger partial charge in [0.1, 0.15) is 5.73 Å². The second kappa shape index (κ2) is 5.92. The molecule has 1 unspecified atom stereocenters. The van der Waals surface area contributed by atoms with Crippen LogP contribution in [0.1, 0.15) is 0 Å². The molecular weight excluding hydrogens is 194 g/mol. The van der Waals surface area contributed by atoms with Gasteiger partial charge in [0.2, 0.25) is 0 Å². The zero-order valence-electron chi connectivity index (χ0n) is 8.18. The summed E-state index contributed by atoms with van der Waals surface area (Å²) in [4.78, 5) is 15.4. The van der Waals surface area contributed by atoms with Crippen LogP contribution in [-0.2, 0) is 14.3 Å². The molecule has 13 heavy (non-hydrogen) atoms. The van der Waals surface area contributed by atoms with Gasteiger partial charge in [-0.25, -0.2) is 4.79 Å². The van der Waals surface area contributed by atoms with Crippen molar-refractivity contribution in [2.75, 3.05) is 21.3 Å². The van der Waals surface area contributed by atoms with Gasteiger partial charge in [0.05, 0.1) is 0 Å². The first-order valence-electron chi connectivity index (χ1n) is 3.72. The maximum atomic E-state index is 10.4. The Labute approximate surface area is 79.7 Å². The number of nitrogens with zero attached hydrogens (tertiary/aromatic N) is 1. The van der Waals surface area contributed by atoms with Gasteiger partial charge in [-0.1, -0.05) is 0 Å². The molecule has 1 N–H and O–H groups in total. The summed E-state index contributed by atoms with van der Waals surface area (Å²) >= 11 is 0. The van der Waals surface area contributed by atoms with E-state index in [1.807, 2.05) is 0 Å². The van der Waals surface area contributed by atoms with E-state index >= 15 is 0 Å². The minimum atomic E-state index is -1.15. The SMILES string of the molecule is COC(OC)C([SiH3])ON(C)C(=O)O. The van der Waals surface area contributed by atoms with Gasteiger partial charge in [0.15, 0.2) is 6.29 Å². The average molecular weight is 209 g/mol. The molecular formula is C6H15NO5Si. The summed E-state index contributed by atoms with van der Waals surface area (Å²) in [5.41, 5.74) is -0.351. The molecule has 0 aliphatic heterocycles. The van der Waals surface area contributed by atoms with E-state index in [2.05, 4.69) is 0 Å². The Hall–Kier alpha value is -0.633. The number of carboxylic acid groups (broad SMARTS) is 1. The summed E-state index contributed by atoms with van der Waals surface area (Å²) in [6.07, 6.45) is -1.67. The molecule has 6 nitrogen and oxygen atoms in total. The maximum absolute atomic E-state index is 10.4. The second-order valence-electron chi connectivity index (χ2n) is 2.43. The molecule has 0 heterocycles. The van der Waals surface area contributed by atoms with E-state index in [4.69, 9.17) is 19.4 Å². The molecule has 0 aliphatic carbocycles. The van der Waals surface area contributed by atoms with Crippen LogP contribution in [-0.4, -0.2) is 59.8 Å². The van der Waals surface area contributed by atoms with Gasteiger partial charge in [0, 0.05) is 31.5 Å². The van der Waals surface area contributed by atoms with E-state index in [0.29, 0.717) is 10.2 Å². The predicted octanol–water partition coefficient (Wildman–Crippen LogP) is -1.16. The summed E-state index contributed by atoms with van der Waals surface area (Å²) in [5.74, 6) is 0. The van der Waals surface area contributed by atoms with Gasteiger partial charge in [-0.05, 0) is 0 Å². The van der Waals surface area contributed by atoms with Crippen molar-refractivity contribution in [2.45, 2.75) is 12.0 Å². The molecule has 0 bridgehead atoms. The lowest BCUT2D eigenvalue weighted by atomic mass is 10.7. The van der Waals surface area contributed by atoms with Crippen LogP contribution in [0.15, 0.2) is 0 Å². The maximum Gasteiger partial charge on any atom is 0.431 e. The van der Waals surface area contributed by atoms with Crippen molar-refractivity contribution in [1.29, 1.82) is 0 Å². The highest BCUT2D eigenvalue weighted by atomic mass is 28.1. The van der Waals surface area contributed by atoms with Gasteiger partial charge in [0.25, 0.3) is 0 Å². The fourth-order valence-electron chi connectivity index (χ4n) is 0.824. The summed E-state index contributed by atoms with van der Waals surface area (Å²) in [7, 11) is 4.87. The largest absolute Gasteiger partial charge is 0.463 e. The van der Waals surface area contributed by atoms with Crippen LogP contribution in [0.4, 0.5) is 4.79 Å². The summed E-state index contributed by atoms with van der Waals surface area (Å²) in [6, 6.07) is 0. The van der Waals surface area contributed by atoms with Gasteiger partial charge >= 0.3 is 6.09 Å². The van der Waals surface area contributed by atoms with Crippen LogP contribution in [0.2, 0.25) is 0 Å². The van der Waals surface area contributed by atoms with Crippen LogP contribution in [0, 0.1) is 0 Å². The van der Waals surface area contributed by atoms with Crippen LogP contribution in [0.3, 0.4) is 0 Å². The van der Waals surface area contributed by atoms with E-state index in [1.54, 1.807) is 0 Å². The first-order chi connectivity index (χ1) is 6.02. The van der Waals surface area contributed by atoms with E-state index < -0.39 is 12.4 Å². The monoisotopic (exact) mass is 209 g/mol. The van der Waals surface area contributed by atoms with Crippen molar-refractivity contribution in [2.24, 2.45) is 0 Å². The first kappa shape index (κ1) is 12.4. The Balaban J connectivity index is 3.96. The van der Waals surface area contributed by atoms with Crippen molar-refractivity contribution in [3.63, 3.8) is 0 Å². The molecule has 0 aromatic heterocycles. The zero-order chi connectivity index (χ0) is 10.4. The minimum Gasteiger partial charge on any atom is -0.463 e. The van der Waals surface area contributed by atoms with Crippen LogP contribution >= 0.6 is 0 Å². The number of amides is 1. The third-order valence-corrected chi connectivity index (χ3v) is 2.20.